The molecule has 1 aliphatic heterocycles. The van der Waals surface area contributed by atoms with Gasteiger partial charge in [-0.2, -0.15) is 5.26 Å². The lowest BCUT2D eigenvalue weighted by molar-refractivity contribution is 0.0882. The zero-order valence-corrected chi connectivity index (χ0v) is 16.5. The molecule has 0 aliphatic carbocycles. The second-order valence-electron chi connectivity index (χ2n) is 6.93. The third-order valence-corrected chi connectivity index (χ3v) is 5.06. The van der Waals surface area contributed by atoms with Crippen molar-refractivity contribution >= 4 is 17.3 Å². The monoisotopic (exact) mass is 401 g/mol. The summed E-state index contributed by atoms with van der Waals surface area (Å²) in [4.78, 5) is 4.16. The normalized spacial score (nSPS) is 18.5. The van der Waals surface area contributed by atoms with Crippen LogP contribution < -0.4 is 9.64 Å². The van der Waals surface area contributed by atoms with E-state index in [1.807, 2.05) is 41.3 Å². The Kier molecular flexibility index (Phi) is 6.76. The molecule has 1 heterocycles. The zero-order valence-electron chi connectivity index (χ0n) is 15.8. The zero-order chi connectivity index (χ0) is 20.1. The van der Waals surface area contributed by atoms with Gasteiger partial charge in [0.2, 0.25) is 0 Å². The molecule has 6 nitrogen and oxygen atoms in total. The molecule has 0 saturated carbocycles. The molecule has 7 heteroatoms. The van der Waals surface area contributed by atoms with Crippen molar-refractivity contribution < 1.29 is 14.9 Å². The summed E-state index contributed by atoms with van der Waals surface area (Å²) in [5.74, 6) is 0.554. The van der Waals surface area contributed by atoms with Crippen LogP contribution in [0.4, 0.5) is 5.69 Å². The third-order valence-electron chi connectivity index (χ3n) is 4.81. The molecule has 0 amide bonds. The highest BCUT2D eigenvalue weighted by Gasteiger charge is 2.29. The smallest absolute Gasteiger partial charge is 0.120 e. The largest absolute Gasteiger partial charge is 0.491 e. The molecule has 148 valence electrons. The Balaban J connectivity index is 1.92. The summed E-state index contributed by atoms with van der Waals surface area (Å²) < 4.78 is 5.54. The Morgan fingerprint density at radius 2 is 2.00 bits per heavy atom. The highest BCUT2D eigenvalue weighted by atomic mass is 35.5. The van der Waals surface area contributed by atoms with E-state index in [-0.39, 0.29) is 19.4 Å². The van der Waals surface area contributed by atoms with Gasteiger partial charge in [0.15, 0.2) is 0 Å². The third kappa shape index (κ3) is 4.75. The molecule has 0 spiro atoms. The summed E-state index contributed by atoms with van der Waals surface area (Å²) in [6.07, 6.45) is -0.578. The van der Waals surface area contributed by atoms with Gasteiger partial charge in [-0.15, -0.1) is 0 Å². The standard InChI is InChI=1S/C21H24ClN3O3/c1-15(27)13-28-19-6-7-20(17(10-19)11-23)25-9-8-24(14-26)12-21(25)16-2-4-18(22)5-3-16/h2-7,10,15,21,26-27H,8-9,12-14H2,1H3/t15-,21-/m0/s1. The lowest BCUT2D eigenvalue weighted by Gasteiger charge is -2.42. The topological polar surface area (TPSA) is 80.0 Å². The Morgan fingerprint density at radius 3 is 2.64 bits per heavy atom. The minimum Gasteiger partial charge on any atom is -0.491 e. The molecule has 0 bridgehead atoms. The van der Waals surface area contributed by atoms with Crippen LogP contribution in [0.2, 0.25) is 5.02 Å². The summed E-state index contributed by atoms with van der Waals surface area (Å²) in [6.45, 7) is 3.84. The Labute approximate surface area is 170 Å². The van der Waals surface area contributed by atoms with Crippen LogP contribution in [0.15, 0.2) is 42.5 Å². The van der Waals surface area contributed by atoms with Crippen molar-refractivity contribution in [2.45, 2.75) is 19.1 Å². The van der Waals surface area contributed by atoms with Gasteiger partial charge in [-0.3, -0.25) is 4.90 Å². The number of piperazine rings is 1. The van der Waals surface area contributed by atoms with E-state index in [0.717, 1.165) is 11.3 Å². The number of aliphatic hydroxyl groups is 2. The predicted molar refractivity (Wildman–Crippen MR) is 109 cm³/mol. The number of rotatable bonds is 6. The highest BCUT2D eigenvalue weighted by molar-refractivity contribution is 6.30. The van der Waals surface area contributed by atoms with Gasteiger partial charge in [-0.05, 0) is 42.8 Å². The van der Waals surface area contributed by atoms with E-state index in [1.165, 1.54) is 0 Å². The number of nitrogens with zero attached hydrogens (tertiary/aromatic N) is 3. The summed E-state index contributed by atoms with van der Waals surface area (Å²) in [7, 11) is 0. The minimum atomic E-state index is -0.578. The van der Waals surface area contributed by atoms with E-state index in [0.29, 0.717) is 36.0 Å². The number of nitriles is 1. The second kappa shape index (κ2) is 9.26. The average molecular weight is 402 g/mol. The van der Waals surface area contributed by atoms with Crippen LogP contribution in [0, 0.1) is 11.3 Å². The molecule has 2 N–H and O–H groups in total. The molecular weight excluding hydrogens is 378 g/mol. The van der Waals surface area contributed by atoms with Crippen LogP contribution in [0.3, 0.4) is 0 Å². The van der Waals surface area contributed by atoms with Gasteiger partial charge in [-0.1, -0.05) is 23.7 Å². The molecule has 2 atom stereocenters. The number of hydrogen-bond donors (Lipinski definition) is 2. The van der Waals surface area contributed by atoms with Crippen molar-refractivity contribution in [2.24, 2.45) is 0 Å². The predicted octanol–water partition coefficient (Wildman–Crippen LogP) is 2.78. The van der Waals surface area contributed by atoms with Crippen molar-refractivity contribution in [1.29, 1.82) is 5.26 Å². The highest BCUT2D eigenvalue weighted by Crippen LogP contribution is 2.34. The first kappa shape index (κ1) is 20.4. The van der Waals surface area contributed by atoms with Gasteiger partial charge in [0, 0.05) is 24.7 Å². The lowest BCUT2D eigenvalue weighted by Crippen LogP contribution is -2.49. The number of aliphatic hydroxyl groups excluding tert-OH is 2. The number of hydrogen-bond acceptors (Lipinski definition) is 6. The van der Waals surface area contributed by atoms with Gasteiger partial charge in [0.05, 0.1) is 30.1 Å². The lowest BCUT2D eigenvalue weighted by atomic mass is 10.00. The summed E-state index contributed by atoms with van der Waals surface area (Å²) in [5.41, 5.74) is 2.41. The van der Waals surface area contributed by atoms with E-state index in [1.54, 1.807) is 13.0 Å². The number of benzene rings is 2. The van der Waals surface area contributed by atoms with Crippen LogP contribution >= 0.6 is 11.6 Å². The molecule has 0 aromatic heterocycles. The van der Waals surface area contributed by atoms with E-state index in [2.05, 4.69) is 11.0 Å². The van der Waals surface area contributed by atoms with Crippen LogP contribution in [0.5, 0.6) is 5.75 Å². The van der Waals surface area contributed by atoms with Crippen molar-refractivity contribution in [3.63, 3.8) is 0 Å². The summed E-state index contributed by atoms with van der Waals surface area (Å²) >= 11 is 6.04. The average Bonchev–Trinajstić information content (AvgIpc) is 2.72. The van der Waals surface area contributed by atoms with Crippen molar-refractivity contribution in [3.8, 4) is 11.8 Å². The van der Waals surface area contributed by atoms with E-state index < -0.39 is 6.10 Å². The molecule has 28 heavy (non-hydrogen) atoms. The molecular formula is C21H24ClN3O3. The fourth-order valence-electron chi connectivity index (χ4n) is 3.39. The number of halogens is 1. The minimum absolute atomic E-state index is 0.00480. The maximum Gasteiger partial charge on any atom is 0.120 e. The molecule has 1 aliphatic rings. The summed E-state index contributed by atoms with van der Waals surface area (Å²) in [5, 5.41) is 29.4. The SMILES string of the molecule is C[C@H](O)COc1ccc(N2CCN(CO)C[C@H]2c2ccc(Cl)cc2)c(C#N)c1. The molecule has 3 rings (SSSR count). The molecule has 0 radical (unpaired) electrons. The van der Waals surface area contributed by atoms with Gasteiger partial charge < -0.3 is 19.8 Å². The van der Waals surface area contributed by atoms with Gasteiger partial charge in [0.25, 0.3) is 0 Å². The number of ether oxygens (including phenoxy) is 1. The summed E-state index contributed by atoms with van der Waals surface area (Å²) in [6, 6.07) is 15.3. The van der Waals surface area contributed by atoms with Crippen LogP contribution in [-0.2, 0) is 0 Å². The maximum atomic E-state index is 9.69. The van der Waals surface area contributed by atoms with E-state index >= 15 is 0 Å². The first-order valence-electron chi connectivity index (χ1n) is 9.22. The van der Waals surface area contributed by atoms with Crippen molar-refractivity contribution in [2.75, 3.05) is 37.9 Å². The Hall–Kier alpha value is -2.30. The van der Waals surface area contributed by atoms with Crippen LogP contribution in [0.1, 0.15) is 24.1 Å². The maximum absolute atomic E-state index is 9.69. The van der Waals surface area contributed by atoms with Gasteiger partial charge in [0.1, 0.15) is 18.4 Å². The van der Waals surface area contributed by atoms with Crippen LogP contribution in [0.25, 0.3) is 0 Å². The first-order valence-corrected chi connectivity index (χ1v) is 9.60. The van der Waals surface area contributed by atoms with Crippen molar-refractivity contribution in [1.82, 2.24) is 4.90 Å². The molecule has 0 unspecified atom stereocenters. The Bertz CT molecular complexity index is 836. The fraction of sp³-hybridized carbons (Fsp3) is 0.381. The Morgan fingerprint density at radius 1 is 1.25 bits per heavy atom. The molecule has 2 aromatic rings. The van der Waals surface area contributed by atoms with E-state index in [4.69, 9.17) is 16.3 Å². The molecule has 1 saturated heterocycles. The molecule has 2 aromatic carbocycles. The van der Waals surface area contributed by atoms with Gasteiger partial charge >= 0.3 is 0 Å². The number of anilines is 1. The van der Waals surface area contributed by atoms with Crippen molar-refractivity contribution in [3.05, 3.63) is 58.6 Å². The quantitative estimate of drug-likeness (QED) is 0.774. The van der Waals surface area contributed by atoms with Crippen LogP contribution in [-0.4, -0.2) is 54.2 Å². The second-order valence-corrected chi connectivity index (χ2v) is 7.37. The first-order chi connectivity index (χ1) is 13.5. The van der Waals surface area contributed by atoms with Gasteiger partial charge in [-0.25, -0.2) is 0 Å². The fourth-order valence-corrected chi connectivity index (χ4v) is 3.51. The van der Waals surface area contributed by atoms with E-state index in [9.17, 15) is 15.5 Å². The molecule has 1 fully saturated rings.